The monoisotopic (exact) mass is 372 g/mol. The number of aryl methyl sites for hydroxylation is 1. The van der Waals surface area contributed by atoms with Crippen LogP contribution in [0.2, 0.25) is 0 Å². The fourth-order valence-corrected chi connectivity index (χ4v) is 3.08. The molecule has 1 N–H and O–H groups in total. The van der Waals surface area contributed by atoms with Gasteiger partial charge in [0.1, 0.15) is 21.5 Å². The van der Waals surface area contributed by atoms with Crippen LogP contribution in [0.3, 0.4) is 0 Å². The Morgan fingerprint density at radius 3 is 2.46 bits per heavy atom. The molecule has 2 aromatic rings. The summed E-state index contributed by atoms with van der Waals surface area (Å²) in [6.07, 6.45) is 2.90. The molecule has 132 valence electrons. The molecule has 1 aromatic carbocycles. The van der Waals surface area contributed by atoms with Crippen LogP contribution in [0.1, 0.15) is 32.9 Å². The van der Waals surface area contributed by atoms with Crippen molar-refractivity contribution in [3.05, 3.63) is 75.3 Å². The Labute approximate surface area is 153 Å². The fourth-order valence-electron chi connectivity index (χ4n) is 2.19. The van der Waals surface area contributed by atoms with Gasteiger partial charge in [0.2, 0.25) is 0 Å². The molecule has 0 atom stereocenters. The van der Waals surface area contributed by atoms with Gasteiger partial charge in [0.15, 0.2) is 0 Å². The van der Waals surface area contributed by atoms with Crippen molar-refractivity contribution < 1.29 is 18.7 Å². The highest BCUT2D eigenvalue weighted by Gasteiger charge is 2.17. The number of thiazole rings is 1. The average molecular weight is 372 g/mol. The van der Waals surface area contributed by atoms with Crippen molar-refractivity contribution in [3.8, 4) is 6.07 Å². The van der Waals surface area contributed by atoms with E-state index in [9.17, 15) is 13.6 Å². The molecule has 1 aromatic heterocycles. The lowest BCUT2D eigenvalue weighted by atomic mass is 9.97. The van der Waals surface area contributed by atoms with Crippen LogP contribution in [0.5, 0.6) is 0 Å². The number of aromatic nitrogens is 1. The fraction of sp³-hybridized carbons (Fsp3) is 0.105. The van der Waals surface area contributed by atoms with Gasteiger partial charge in [-0.1, -0.05) is 24.8 Å². The third-order valence-electron chi connectivity index (χ3n) is 3.52. The summed E-state index contributed by atoms with van der Waals surface area (Å²) >= 11 is 1.000. The summed E-state index contributed by atoms with van der Waals surface area (Å²) in [6, 6.07) is 5.21. The number of nitrogens with zero attached hydrogens (tertiary/aromatic N) is 2. The summed E-state index contributed by atoms with van der Waals surface area (Å²) in [7, 11) is 0. The van der Waals surface area contributed by atoms with Crippen LogP contribution < -0.4 is 0 Å². The minimum atomic E-state index is -1.07. The predicted octanol–water partition coefficient (Wildman–Crippen LogP) is 4.99. The number of allylic oxidation sites excluding steroid dienone is 5. The Balaban J connectivity index is 2.53. The summed E-state index contributed by atoms with van der Waals surface area (Å²) in [6.45, 7) is 6.81. The van der Waals surface area contributed by atoms with E-state index < -0.39 is 17.6 Å². The van der Waals surface area contributed by atoms with Gasteiger partial charge < -0.3 is 5.11 Å². The van der Waals surface area contributed by atoms with Gasteiger partial charge in [-0.15, -0.1) is 11.3 Å². The molecule has 0 amide bonds. The minimum absolute atomic E-state index is 0.00851. The zero-order valence-electron chi connectivity index (χ0n) is 14.0. The van der Waals surface area contributed by atoms with Crippen molar-refractivity contribution in [1.82, 2.24) is 4.98 Å². The van der Waals surface area contributed by atoms with Crippen LogP contribution in [0.25, 0.3) is 11.1 Å². The Bertz CT molecular complexity index is 977. The van der Waals surface area contributed by atoms with E-state index in [1.54, 1.807) is 19.9 Å². The normalized spacial score (nSPS) is 12.0. The molecule has 0 aliphatic rings. The van der Waals surface area contributed by atoms with E-state index in [-0.39, 0.29) is 21.6 Å². The number of carboxylic acid groups (broad SMARTS) is 1. The van der Waals surface area contributed by atoms with Crippen molar-refractivity contribution in [2.24, 2.45) is 0 Å². The molecule has 0 unspecified atom stereocenters. The Kier molecular flexibility index (Phi) is 5.80. The molecule has 26 heavy (non-hydrogen) atoms. The minimum Gasteiger partial charge on any atom is -0.477 e. The van der Waals surface area contributed by atoms with E-state index >= 15 is 0 Å². The van der Waals surface area contributed by atoms with Crippen molar-refractivity contribution in [1.29, 1.82) is 5.26 Å². The quantitative estimate of drug-likeness (QED) is 0.592. The van der Waals surface area contributed by atoms with Gasteiger partial charge in [-0.05, 0) is 31.6 Å². The van der Waals surface area contributed by atoms with Gasteiger partial charge in [0.05, 0.1) is 22.9 Å². The number of aromatic carboxylic acids is 1. The Morgan fingerprint density at radius 2 is 1.96 bits per heavy atom. The molecule has 7 heteroatoms. The first-order valence-corrected chi connectivity index (χ1v) is 8.21. The third-order valence-corrected chi connectivity index (χ3v) is 4.80. The standard InChI is InChI=1S/C19H14F2N2O2S/c1-10(18-23-12(3)17(26-18)19(24)25)7-8-13(11(2)9-22)16-14(20)5-4-6-15(16)21/h4-8H,2H2,1,3H3,(H,24,25)/b10-7+,13-8+. The summed E-state index contributed by atoms with van der Waals surface area (Å²) in [5, 5.41) is 18.7. The molecule has 0 radical (unpaired) electrons. The topological polar surface area (TPSA) is 74.0 Å². The van der Waals surface area contributed by atoms with Crippen LogP contribution in [0, 0.1) is 29.9 Å². The molecule has 0 aliphatic heterocycles. The van der Waals surface area contributed by atoms with E-state index in [2.05, 4.69) is 11.6 Å². The number of hydrogen-bond acceptors (Lipinski definition) is 4. The molecular formula is C19H14F2N2O2S. The van der Waals surface area contributed by atoms with Crippen molar-refractivity contribution in [2.45, 2.75) is 13.8 Å². The molecule has 0 aliphatic carbocycles. The second-order valence-electron chi connectivity index (χ2n) is 5.36. The maximum atomic E-state index is 14.1. The number of carboxylic acids is 1. The van der Waals surface area contributed by atoms with Crippen LogP contribution in [0.4, 0.5) is 8.78 Å². The third kappa shape index (κ3) is 3.92. The lowest BCUT2D eigenvalue weighted by molar-refractivity contribution is 0.0701. The Hall–Kier alpha value is -3.11. The number of benzene rings is 1. The second kappa shape index (κ2) is 7.85. The summed E-state index contributed by atoms with van der Waals surface area (Å²) < 4.78 is 28.1. The molecular weight excluding hydrogens is 358 g/mol. The summed E-state index contributed by atoms with van der Waals surface area (Å²) in [4.78, 5) is 15.4. The molecule has 0 saturated heterocycles. The van der Waals surface area contributed by atoms with Crippen LogP contribution in [-0.4, -0.2) is 16.1 Å². The number of nitriles is 1. The Morgan fingerprint density at radius 1 is 1.35 bits per heavy atom. The maximum Gasteiger partial charge on any atom is 0.347 e. The molecule has 1 heterocycles. The number of carbonyl (C=O) groups is 1. The first-order chi connectivity index (χ1) is 12.3. The molecule has 0 fully saturated rings. The first kappa shape index (κ1) is 19.2. The molecule has 0 spiro atoms. The predicted molar refractivity (Wildman–Crippen MR) is 96.5 cm³/mol. The first-order valence-electron chi connectivity index (χ1n) is 7.39. The zero-order valence-corrected chi connectivity index (χ0v) is 14.8. The lowest BCUT2D eigenvalue weighted by Crippen LogP contribution is -1.96. The SMILES string of the molecule is C=C(C#N)/C(=C\C=C(/C)c1nc(C)c(C(=O)O)s1)c1c(F)cccc1F. The molecule has 4 nitrogen and oxygen atoms in total. The largest absolute Gasteiger partial charge is 0.477 e. The second-order valence-corrected chi connectivity index (χ2v) is 6.35. The van der Waals surface area contributed by atoms with E-state index in [1.165, 1.54) is 18.2 Å². The number of hydrogen-bond donors (Lipinski definition) is 1. The highest BCUT2D eigenvalue weighted by atomic mass is 32.1. The van der Waals surface area contributed by atoms with Gasteiger partial charge in [-0.25, -0.2) is 18.6 Å². The van der Waals surface area contributed by atoms with Crippen molar-refractivity contribution in [2.75, 3.05) is 0 Å². The van der Waals surface area contributed by atoms with Gasteiger partial charge in [-0.3, -0.25) is 0 Å². The van der Waals surface area contributed by atoms with Crippen LogP contribution in [0.15, 0.2) is 42.5 Å². The van der Waals surface area contributed by atoms with E-state index in [4.69, 9.17) is 10.4 Å². The number of halogens is 2. The van der Waals surface area contributed by atoms with E-state index in [0.29, 0.717) is 16.3 Å². The van der Waals surface area contributed by atoms with E-state index in [0.717, 1.165) is 23.5 Å². The molecule has 0 bridgehead atoms. The van der Waals surface area contributed by atoms with Gasteiger partial charge >= 0.3 is 5.97 Å². The van der Waals surface area contributed by atoms with Gasteiger partial charge in [0.25, 0.3) is 0 Å². The van der Waals surface area contributed by atoms with Gasteiger partial charge in [-0.2, -0.15) is 5.26 Å². The maximum absolute atomic E-state index is 14.1. The highest BCUT2D eigenvalue weighted by molar-refractivity contribution is 7.14. The zero-order chi connectivity index (χ0) is 19.4. The summed E-state index contributed by atoms with van der Waals surface area (Å²) in [5.41, 5.74) is 0.542. The molecule has 0 saturated carbocycles. The van der Waals surface area contributed by atoms with Crippen LogP contribution in [-0.2, 0) is 0 Å². The number of rotatable bonds is 5. The summed E-state index contributed by atoms with van der Waals surface area (Å²) in [5.74, 6) is -2.68. The highest BCUT2D eigenvalue weighted by Crippen LogP contribution is 2.29. The lowest BCUT2D eigenvalue weighted by Gasteiger charge is -2.08. The van der Waals surface area contributed by atoms with Crippen molar-refractivity contribution >= 4 is 28.5 Å². The van der Waals surface area contributed by atoms with E-state index in [1.807, 2.05) is 0 Å². The van der Waals surface area contributed by atoms with Crippen LogP contribution >= 0.6 is 11.3 Å². The van der Waals surface area contributed by atoms with Crippen molar-refractivity contribution in [3.63, 3.8) is 0 Å². The smallest absolute Gasteiger partial charge is 0.347 e. The molecule has 2 rings (SSSR count). The average Bonchev–Trinajstić information content (AvgIpc) is 2.98. The van der Waals surface area contributed by atoms with Gasteiger partial charge in [0, 0.05) is 5.57 Å².